The fourth-order valence-corrected chi connectivity index (χ4v) is 3.01. The van der Waals surface area contributed by atoms with Crippen LogP contribution in [0, 0.1) is 13.8 Å². The smallest absolute Gasteiger partial charge is 0.323 e. The van der Waals surface area contributed by atoms with Gasteiger partial charge in [-0.1, -0.05) is 0 Å². The molecule has 6 nitrogen and oxygen atoms in total. The Hall–Kier alpha value is -1.40. The van der Waals surface area contributed by atoms with Gasteiger partial charge in [0, 0.05) is 25.2 Å². The fraction of sp³-hybridized carbons (Fsp3) is 0.714. The zero-order chi connectivity index (χ0) is 14.1. The van der Waals surface area contributed by atoms with Crippen LogP contribution in [0.5, 0.6) is 0 Å². The number of morpholine rings is 1. The molecule has 2 aliphatic rings. The number of aryl methyl sites for hydroxylation is 2. The Kier molecular flexibility index (Phi) is 3.76. The van der Waals surface area contributed by atoms with Crippen molar-refractivity contribution in [2.75, 3.05) is 26.3 Å². The lowest BCUT2D eigenvalue weighted by molar-refractivity contribution is -0.144. The summed E-state index contributed by atoms with van der Waals surface area (Å²) >= 11 is 0. The van der Waals surface area contributed by atoms with Crippen LogP contribution in [-0.2, 0) is 20.8 Å². The Balaban J connectivity index is 1.63. The minimum Gasteiger partial charge on any atom is -0.464 e. The highest BCUT2D eigenvalue weighted by atomic mass is 16.5. The van der Waals surface area contributed by atoms with E-state index in [0.29, 0.717) is 13.2 Å². The lowest BCUT2D eigenvalue weighted by Crippen LogP contribution is -2.50. The second kappa shape index (κ2) is 5.54. The Morgan fingerprint density at radius 3 is 2.90 bits per heavy atom. The average Bonchev–Trinajstić information content (AvgIpc) is 2.96. The number of aromatic nitrogens is 2. The molecule has 0 aliphatic carbocycles. The van der Waals surface area contributed by atoms with Crippen LogP contribution in [0.1, 0.15) is 17.8 Å². The third kappa shape index (κ3) is 2.71. The molecule has 1 aromatic heterocycles. The molecule has 6 heteroatoms. The summed E-state index contributed by atoms with van der Waals surface area (Å²) in [4.78, 5) is 13.9. The molecule has 3 rings (SSSR count). The van der Waals surface area contributed by atoms with Gasteiger partial charge in [-0.2, -0.15) is 5.10 Å². The fourth-order valence-electron chi connectivity index (χ4n) is 3.01. The van der Waals surface area contributed by atoms with Gasteiger partial charge in [-0.3, -0.25) is 14.4 Å². The summed E-state index contributed by atoms with van der Waals surface area (Å²) < 4.78 is 12.9. The van der Waals surface area contributed by atoms with Gasteiger partial charge in [-0.15, -0.1) is 0 Å². The first-order valence-corrected chi connectivity index (χ1v) is 7.17. The summed E-state index contributed by atoms with van der Waals surface area (Å²) in [5.41, 5.74) is 2.16. The number of cyclic esters (lactones) is 1. The van der Waals surface area contributed by atoms with Gasteiger partial charge >= 0.3 is 5.97 Å². The van der Waals surface area contributed by atoms with Gasteiger partial charge in [0.05, 0.1) is 31.6 Å². The highest BCUT2D eigenvalue weighted by Crippen LogP contribution is 2.18. The molecular formula is C14H21N3O3. The van der Waals surface area contributed by atoms with E-state index in [9.17, 15) is 4.79 Å². The van der Waals surface area contributed by atoms with E-state index in [1.807, 2.05) is 11.6 Å². The summed E-state index contributed by atoms with van der Waals surface area (Å²) in [5, 5.41) is 4.47. The van der Waals surface area contributed by atoms with Crippen LogP contribution in [0.2, 0.25) is 0 Å². The molecule has 0 saturated carbocycles. The van der Waals surface area contributed by atoms with Crippen molar-refractivity contribution in [3.8, 4) is 0 Å². The molecule has 2 fully saturated rings. The number of hydrogen-bond donors (Lipinski definition) is 0. The molecule has 0 amide bonds. The lowest BCUT2D eigenvalue weighted by Gasteiger charge is -2.35. The predicted octanol–water partition coefficient (Wildman–Crippen LogP) is 0.516. The van der Waals surface area contributed by atoms with Gasteiger partial charge in [0.1, 0.15) is 6.04 Å². The molecular weight excluding hydrogens is 258 g/mol. The van der Waals surface area contributed by atoms with Gasteiger partial charge < -0.3 is 9.47 Å². The number of esters is 1. The molecule has 110 valence electrons. The van der Waals surface area contributed by atoms with Gasteiger partial charge in [0.25, 0.3) is 0 Å². The van der Waals surface area contributed by atoms with Crippen molar-refractivity contribution in [1.82, 2.24) is 14.7 Å². The molecule has 3 heterocycles. The SMILES string of the molecule is Cc1cc(C)n(C[C@H]2CN([C@@H]3CCOC3=O)CCO2)n1. The second-order valence-electron chi connectivity index (χ2n) is 5.57. The van der Waals surface area contributed by atoms with Gasteiger partial charge in [0.2, 0.25) is 0 Å². The number of nitrogens with zero attached hydrogens (tertiary/aromatic N) is 3. The third-order valence-corrected chi connectivity index (χ3v) is 4.00. The summed E-state index contributed by atoms with van der Waals surface area (Å²) in [6, 6.07) is 1.98. The summed E-state index contributed by atoms with van der Waals surface area (Å²) in [5.74, 6) is -0.0863. The maximum atomic E-state index is 11.7. The third-order valence-electron chi connectivity index (χ3n) is 4.00. The zero-order valence-electron chi connectivity index (χ0n) is 12.0. The molecule has 2 aliphatic heterocycles. The quantitative estimate of drug-likeness (QED) is 0.755. The summed E-state index contributed by atoms with van der Waals surface area (Å²) in [6.45, 7) is 7.54. The normalized spacial score (nSPS) is 27.8. The molecule has 1 aromatic rings. The topological polar surface area (TPSA) is 56.6 Å². The van der Waals surface area contributed by atoms with Crippen LogP contribution < -0.4 is 0 Å². The lowest BCUT2D eigenvalue weighted by atomic mass is 10.1. The Morgan fingerprint density at radius 2 is 2.25 bits per heavy atom. The molecule has 0 aromatic carbocycles. The largest absolute Gasteiger partial charge is 0.464 e. The van der Waals surface area contributed by atoms with Crippen LogP contribution in [0.15, 0.2) is 6.07 Å². The minimum absolute atomic E-state index is 0.0788. The van der Waals surface area contributed by atoms with Crippen LogP contribution in [0.25, 0.3) is 0 Å². The number of ether oxygens (including phenoxy) is 2. The molecule has 2 atom stereocenters. The maximum absolute atomic E-state index is 11.7. The van der Waals surface area contributed by atoms with Crippen molar-refractivity contribution in [3.05, 3.63) is 17.5 Å². The summed E-state index contributed by atoms with van der Waals surface area (Å²) in [6.07, 6.45) is 0.876. The van der Waals surface area contributed by atoms with Gasteiger partial charge in [-0.25, -0.2) is 0 Å². The number of rotatable bonds is 3. The van der Waals surface area contributed by atoms with Crippen LogP contribution in [0.4, 0.5) is 0 Å². The number of carbonyl (C=O) groups excluding carboxylic acids is 1. The van der Waals surface area contributed by atoms with E-state index >= 15 is 0 Å². The van der Waals surface area contributed by atoms with E-state index in [4.69, 9.17) is 9.47 Å². The highest BCUT2D eigenvalue weighted by Gasteiger charge is 2.35. The second-order valence-corrected chi connectivity index (χ2v) is 5.57. The van der Waals surface area contributed by atoms with Crippen molar-refractivity contribution in [1.29, 1.82) is 0 Å². The summed E-state index contributed by atoms with van der Waals surface area (Å²) in [7, 11) is 0. The first-order valence-electron chi connectivity index (χ1n) is 7.17. The standard InChI is InChI=1S/C14H21N3O3/c1-10-7-11(2)17(15-10)9-12-8-16(4-6-19-12)13-3-5-20-14(13)18/h7,12-13H,3-6,8-9H2,1-2H3/t12-,13-/m1/s1. The first kappa shape index (κ1) is 13.6. The van der Waals surface area contributed by atoms with E-state index in [2.05, 4.69) is 23.0 Å². The molecule has 2 saturated heterocycles. The molecule has 0 spiro atoms. The van der Waals surface area contributed by atoms with E-state index < -0.39 is 0 Å². The Morgan fingerprint density at radius 1 is 1.40 bits per heavy atom. The van der Waals surface area contributed by atoms with Crippen LogP contribution in [-0.4, -0.2) is 59.1 Å². The maximum Gasteiger partial charge on any atom is 0.323 e. The molecule has 0 unspecified atom stereocenters. The number of hydrogen-bond acceptors (Lipinski definition) is 5. The van der Waals surface area contributed by atoms with Gasteiger partial charge in [-0.05, 0) is 19.9 Å². The van der Waals surface area contributed by atoms with Crippen LogP contribution in [0.3, 0.4) is 0 Å². The van der Waals surface area contributed by atoms with E-state index in [1.54, 1.807) is 0 Å². The number of carbonyl (C=O) groups is 1. The van der Waals surface area contributed by atoms with E-state index in [-0.39, 0.29) is 18.1 Å². The first-order chi connectivity index (χ1) is 9.63. The highest BCUT2D eigenvalue weighted by molar-refractivity contribution is 5.77. The van der Waals surface area contributed by atoms with Crippen molar-refractivity contribution < 1.29 is 14.3 Å². The van der Waals surface area contributed by atoms with Crippen molar-refractivity contribution in [3.63, 3.8) is 0 Å². The molecule has 0 N–H and O–H groups in total. The monoisotopic (exact) mass is 279 g/mol. The predicted molar refractivity (Wildman–Crippen MR) is 72.4 cm³/mol. The van der Waals surface area contributed by atoms with Crippen molar-refractivity contribution in [2.45, 2.75) is 39.0 Å². The molecule has 0 radical (unpaired) electrons. The molecule has 0 bridgehead atoms. The van der Waals surface area contributed by atoms with Gasteiger partial charge in [0.15, 0.2) is 0 Å². The average molecular weight is 279 g/mol. The van der Waals surface area contributed by atoms with E-state index in [1.165, 1.54) is 0 Å². The zero-order valence-corrected chi connectivity index (χ0v) is 12.0. The van der Waals surface area contributed by atoms with Crippen molar-refractivity contribution in [2.24, 2.45) is 0 Å². The minimum atomic E-state index is -0.0863. The van der Waals surface area contributed by atoms with E-state index in [0.717, 1.165) is 37.4 Å². The molecule has 20 heavy (non-hydrogen) atoms. The van der Waals surface area contributed by atoms with Crippen LogP contribution >= 0.6 is 0 Å². The van der Waals surface area contributed by atoms with Crippen molar-refractivity contribution >= 4 is 5.97 Å². The Labute approximate surface area is 118 Å². The Bertz CT molecular complexity index is 500.